The van der Waals surface area contributed by atoms with E-state index in [1.165, 1.54) is 48.5 Å². The number of esters is 2. The molecule has 0 bridgehead atoms. The van der Waals surface area contributed by atoms with E-state index in [1.54, 1.807) is 0 Å². The van der Waals surface area contributed by atoms with E-state index in [0.29, 0.717) is 36.4 Å². The van der Waals surface area contributed by atoms with Crippen molar-refractivity contribution in [2.45, 2.75) is 31.6 Å². The maximum atomic E-state index is 15.2. The van der Waals surface area contributed by atoms with Crippen LogP contribution in [0.4, 0.5) is 26.3 Å². The molecule has 14 heteroatoms. The zero-order chi connectivity index (χ0) is 34.9. The standard InChI is InChI=1S/C33H20Cl2F6O6/c1-17(42)46-27-13-7-21(15-25(27)29(44)19-3-9-23(34)10-4-19)31(32(36,37)38,33(39,40)41)22-8-14-28(47-18(2)43)26(16-22)30(45)20-5-11-24(35)12-6-20/h3-16H,1-2H3. The molecule has 0 aliphatic carbocycles. The van der Waals surface area contributed by atoms with E-state index < -0.39 is 75.0 Å². The molecule has 0 aliphatic rings. The lowest BCUT2D eigenvalue weighted by Gasteiger charge is -2.38. The van der Waals surface area contributed by atoms with Crippen molar-refractivity contribution >= 4 is 46.7 Å². The summed E-state index contributed by atoms with van der Waals surface area (Å²) in [5.74, 6) is -5.39. The van der Waals surface area contributed by atoms with Gasteiger partial charge in [0.15, 0.2) is 11.6 Å². The highest BCUT2D eigenvalue weighted by Crippen LogP contribution is 2.57. The van der Waals surface area contributed by atoms with E-state index in [4.69, 9.17) is 32.7 Å². The lowest BCUT2D eigenvalue weighted by molar-refractivity contribution is -0.288. The Balaban J connectivity index is 2.06. The van der Waals surface area contributed by atoms with Crippen molar-refractivity contribution < 1.29 is 55.0 Å². The SMILES string of the molecule is CC(=O)Oc1ccc(C(c2ccc(OC(C)=O)c(C(=O)c3ccc(Cl)cc3)c2)(C(F)(F)F)C(F)(F)F)cc1C(=O)c1ccc(Cl)cc1. The Morgan fingerprint density at radius 2 is 0.851 bits per heavy atom. The summed E-state index contributed by atoms with van der Waals surface area (Å²) in [5, 5.41) is 0.370. The Labute approximate surface area is 272 Å². The predicted octanol–water partition coefficient (Wildman–Crippen LogP) is 8.72. The average Bonchev–Trinajstić information content (AvgIpc) is 2.97. The van der Waals surface area contributed by atoms with Gasteiger partial charge in [0.2, 0.25) is 5.41 Å². The zero-order valence-electron chi connectivity index (χ0n) is 24.1. The fraction of sp³-hybridized carbons (Fsp3) is 0.152. The third kappa shape index (κ3) is 7.03. The molecule has 0 radical (unpaired) electrons. The van der Waals surface area contributed by atoms with Gasteiger partial charge in [-0.15, -0.1) is 0 Å². The minimum atomic E-state index is -6.15. The number of hydrogen-bond acceptors (Lipinski definition) is 6. The molecule has 0 unspecified atom stereocenters. The molecule has 0 heterocycles. The first-order valence-corrected chi connectivity index (χ1v) is 14.0. The second-order valence-electron chi connectivity index (χ2n) is 10.0. The molecule has 0 atom stereocenters. The molecule has 0 amide bonds. The van der Waals surface area contributed by atoms with Crippen LogP contribution in [0.15, 0.2) is 84.9 Å². The van der Waals surface area contributed by atoms with Gasteiger partial charge < -0.3 is 9.47 Å². The summed E-state index contributed by atoms with van der Waals surface area (Å²) < 4.78 is 101. The van der Waals surface area contributed by atoms with E-state index in [1.807, 2.05) is 0 Å². The maximum absolute atomic E-state index is 15.2. The molecule has 0 saturated heterocycles. The van der Waals surface area contributed by atoms with Crippen LogP contribution >= 0.6 is 23.2 Å². The van der Waals surface area contributed by atoms with Crippen molar-refractivity contribution in [3.05, 3.63) is 128 Å². The van der Waals surface area contributed by atoms with Crippen LogP contribution in [0.25, 0.3) is 0 Å². The quantitative estimate of drug-likeness (QED) is 0.0793. The number of carbonyl (C=O) groups excluding carboxylic acids is 4. The highest BCUT2D eigenvalue weighted by molar-refractivity contribution is 6.31. The first kappa shape index (κ1) is 35.2. The minimum Gasteiger partial charge on any atom is -0.426 e. The number of alkyl halides is 6. The van der Waals surface area contributed by atoms with Crippen molar-refractivity contribution in [3.8, 4) is 11.5 Å². The molecule has 0 fully saturated rings. The molecule has 4 aromatic rings. The van der Waals surface area contributed by atoms with Crippen molar-refractivity contribution in [2.75, 3.05) is 0 Å². The van der Waals surface area contributed by atoms with Crippen LogP contribution in [0.2, 0.25) is 10.0 Å². The number of halogens is 8. The van der Waals surface area contributed by atoms with Gasteiger partial charge in [0, 0.05) is 35.0 Å². The predicted molar refractivity (Wildman–Crippen MR) is 158 cm³/mol. The first-order valence-electron chi connectivity index (χ1n) is 13.3. The van der Waals surface area contributed by atoms with Gasteiger partial charge in [-0.2, -0.15) is 26.3 Å². The second kappa shape index (κ2) is 13.2. The van der Waals surface area contributed by atoms with Gasteiger partial charge in [-0.25, -0.2) is 0 Å². The molecule has 0 aliphatic heterocycles. The van der Waals surface area contributed by atoms with Gasteiger partial charge in [-0.3, -0.25) is 19.2 Å². The van der Waals surface area contributed by atoms with Gasteiger partial charge in [0.05, 0.1) is 11.1 Å². The van der Waals surface area contributed by atoms with Crippen LogP contribution in [0, 0.1) is 0 Å². The highest BCUT2D eigenvalue weighted by Gasteiger charge is 2.72. The summed E-state index contributed by atoms with van der Waals surface area (Å²) in [6.45, 7) is 1.84. The Hall–Kier alpha value is -4.68. The summed E-state index contributed by atoms with van der Waals surface area (Å²) in [5.41, 5.74) is -9.82. The summed E-state index contributed by atoms with van der Waals surface area (Å²) in [6, 6.07) is 12.6. The summed E-state index contributed by atoms with van der Waals surface area (Å²) in [7, 11) is 0. The summed E-state index contributed by atoms with van der Waals surface area (Å²) in [6.07, 6.45) is -12.3. The van der Waals surface area contributed by atoms with Crippen LogP contribution in [-0.4, -0.2) is 35.9 Å². The lowest BCUT2D eigenvalue weighted by atomic mass is 9.71. The number of benzene rings is 4. The van der Waals surface area contributed by atoms with Gasteiger partial charge in [0.1, 0.15) is 11.5 Å². The summed E-state index contributed by atoms with van der Waals surface area (Å²) >= 11 is 11.7. The number of hydrogen-bond donors (Lipinski definition) is 0. The topological polar surface area (TPSA) is 86.7 Å². The highest BCUT2D eigenvalue weighted by atomic mass is 35.5. The van der Waals surface area contributed by atoms with Crippen molar-refractivity contribution in [1.82, 2.24) is 0 Å². The van der Waals surface area contributed by atoms with E-state index in [9.17, 15) is 19.2 Å². The van der Waals surface area contributed by atoms with E-state index in [-0.39, 0.29) is 21.2 Å². The number of ether oxygens (including phenoxy) is 2. The number of rotatable bonds is 8. The Bertz CT molecular complexity index is 1730. The van der Waals surface area contributed by atoms with Crippen molar-refractivity contribution in [3.63, 3.8) is 0 Å². The van der Waals surface area contributed by atoms with E-state index >= 15 is 26.3 Å². The second-order valence-corrected chi connectivity index (χ2v) is 10.9. The van der Waals surface area contributed by atoms with Crippen LogP contribution in [-0.2, 0) is 15.0 Å². The average molecular weight is 697 g/mol. The normalized spacial score (nSPS) is 12.0. The molecule has 0 aromatic heterocycles. The van der Waals surface area contributed by atoms with Crippen LogP contribution in [0.1, 0.15) is 56.8 Å². The fourth-order valence-corrected chi connectivity index (χ4v) is 5.12. The molecule has 4 aromatic carbocycles. The minimum absolute atomic E-state index is 0.185. The van der Waals surface area contributed by atoms with Gasteiger partial charge >= 0.3 is 24.3 Å². The Kier molecular flexibility index (Phi) is 9.88. The molecular formula is C33H20Cl2F6O6. The zero-order valence-corrected chi connectivity index (χ0v) is 25.6. The van der Waals surface area contributed by atoms with Crippen LogP contribution < -0.4 is 9.47 Å². The van der Waals surface area contributed by atoms with Crippen LogP contribution in [0.3, 0.4) is 0 Å². The first-order chi connectivity index (χ1) is 21.9. The van der Waals surface area contributed by atoms with Crippen molar-refractivity contribution in [1.29, 1.82) is 0 Å². The van der Waals surface area contributed by atoms with Gasteiger partial charge in [0.25, 0.3) is 0 Å². The summed E-state index contributed by atoms with van der Waals surface area (Å²) in [4.78, 5) is 50.4. The Morgan fingerprint density at radius 1 is 0.532 bits per heavy atom. The fourth-order valence-electron chi connectivity index (χ4n) is 4.86. The van der Waals surface area contributed by atoms with Crippen LogP contribution in [0.5, 0.6) is 11.5 Å². The lowest BCUT2D eigenvalue weighted by Crippen LogP contribution is -2.55. The van der Waals surface area contributed by atoms with E-state index in [2.05, 4.69) is 0 Å². The largest absolute Gasteiger partial charge is 0.426 e. The third-order valence-corrected chi connectivity index (χ3v) is 7.39. The maximum Gasteiger partial charge on any atom is 0.411 e. The molecule has 0 spiro atoms. The number of carbonyl (C=O) groups is 4. The van der Waals surface area contributed by atoms with Gasteiger partial charge in [-0.05, 0) is 83.9 Å². The molecule has 47 heavy (non-hydrogen) atoms. The smallest absolute Gasteiger partial charge is 0.411 e. The Morgan fingerprint density at radius 3 is 1.13 bits per heavy atom. The number of ketones is 2. The molecular weight excluding hydrogens is 677 g/mol. The third-order valence-electron chi connectivity index (χ3n) is 6.89. The molecule has 0 saturated carbocycles. The van der Waals surface area contributed by atoms with Gasteiger partial charge in [-0.1, -0.05) is 35.3 Å². The van der Waals surface area contributed by atoms with Crippen molar-refractivity contribution in [2.24, 2.45) is 0 Å². The molecule has 6 nitrogen and oxygen atoms in total. The monoisotopic (exact) mass is 696 g/mol. The molecule has 0 N–H and O–H groups in total. The molecule has 4 rings (SSSR count). The van der Waals surface area contributed by atoms with E-state index in [0.717, 1.165) is 13.8 Å². The molecule has 244 valence electrons.